The van der Waals surface area contributed by atoms with E-state index in [-0.39, 0.29) is 16.3 Å². The molecule has 0 aliphatic carbocycles. The van der Waals surface area contributed by atoms with Crippen molar-refractivity contribution in [3.8, 4) is 23.1 Å². The Morgan fingerprint density at radius 2 is 1.63 bits per heavy atom. The summed E-state index contributed by atoms with van der Waals surface area (Å²) < 4.78 is 15.9. The van der Waals surface area contributed by atoms with Crippen LogP contribution < -0.4 is 14.2 Å². The number of ether oxygens (including phenoxy) is 3. The maximum atomic E-state index is 5.84. The van der Waals surface area contributed by atoms with Crippen LogP contribution >= 0.6 is 23.2 Å². The molecule has 19 heavy (non-hydrogen) atoms. The Balaban J connectivity index is 2.45. The van der Waals surface area contributed by atoms with Gasteiger partial charge in [0.25, 0.3) is 5.88 Å². The van der Waals surface area contributed by atoms with E-state index in [4.69, 9.17) is 37.4 Å². The van der Waals surface area contributed by atoms with Crippen molar-refractivity contribution in [2.24, 2.45) is 0 Å². The summed E-state index contributed by atoms with van der Waals surface area (Å²) in [4.78, 5) is 3.85. The van der Waals surface area contributed by atoms with Crippen LogP contribution in [0.15, 0.2) is 18.2 Å². The van der Waals surface area contributed by atoms with Gasteiger partial charge in [-0.05, 0) is 23.7 Å². The van der Waals surface area contributed by atoms with Crippen molar-refractivity contribution in [3.05, 3.63) is 28.6 Å². The third-order valence-corrected chi connectivity index (χ3v) is 2.57. The number of benzene rings is 1. The fourth-order valence-corrected chi connectivity index (χ4v) is 1.59. The average molecular weight is 302 g/mol. The number of hydrogen-bond donors (Lipinski definition) is 0. The van der Waals surface area contributed by atoms with Crippen molar-refractivity contribution < 1.29 is 14.2 Å². The zero-order chi connectivity index (χ0) is 13.8. The highest BCUT2D eigenvalue weighted by Crippen LogP contribution is 2.40. The van der Waals surface area contributed by atoms with Gasteiger partial charge in [0.15, 0.2) is 11.5 Å². The van der Waals surface area contributed by atoms with Gasteiger partial charge in [0, 0.05) is 0 Å². The predicted octanol–water partition coefficient (Wildman–Crippen LogP) is 2.99. The molecule has 1 aromatic carbocycles. The molecule has 0 radical (unpaired) electrons. The van der Waals surface area contributed by atoms with E-state index in [2.05, 4.69) is 15.2 Å². The van der Waals surface area contributed by atoms with Gasteiger partial charge in [-0.15, -0.1) is 10.2 Å². The third kappa shape index (κ3) is 2.97. The van der Waals surface area contributed by atoms with Gasteiger partial charge in [0.1, 0.15) is 0 Å². The summed E-state index contributed by atoms with van der Waals surface area (Å²) >= 11 is 11.5. The standard InChI is InChI=1S/C11H9Cl2N3O3/c1-17-6-4-3-5-7(18-2)8(6)19-10-9(12)15-16-11(13)14-10/h3-5H,1-2H3. The van der Waals surface area contributed by atoms with Crippen LogP contribution in [-0.2, 0) is 0 Å². The number of para-hydroxylation sites is 1. The van der Waals surface area contributed by atoms with Crippen LogP contribution in [0.3, 0.4) is 0 Å². The van der Waals surface area contributed by atoms with Crippen molar-refractivity contribution in [2.45, 2.75) is 0 Å². The number of methoxy groups -OCH3 is 2. The molecule has 1 aromatic heterocycles. The van der Waals surface area contributed by atoms with Gasteiger partial charge in [-0.3, -0.25) is 0 Å². The Bertz CT molecular complexity index is 573. The molecule has 1 heterocycles. The Morgan fingerprint density at radius 1 is 1.00 bits per heavy atom. The molecule has 0 aliphatic rings. The maximum absolute atomic E-state index is 5.84. The van der Waals surface area contributed by atoms with Crippen LogP contribution in [0.4, 0.5) is 0 Å². The van der Waals surface area contributed by atoms with E-state index in [9.17, 15) is 0 Å². The van der Waals surface area contributed by atoms with Crippen molar-refractivity contribution in [1.82, 2.24) is 15.2 Å². The van der Waals surface area contributed by atoms with Crippen molar-refractivity contribution in [3.63, 3.8) is 0 Å². The smallest absolute Gasteiger partial charge is 0.262 e. The van der Waals surface area contributed by atoms with Gasteiger partial charge >= 0.3 is 0 Å². The van der Waals surface area contributed by atoms with Crippen molar-refractivity contribution >= 4 is 23.2 Å². The Hall–Kier alpha value is -1.79. The van der Waals surface area contributed by atoms with Crippen LogP contribution in [0.2, 0.25) is 10.4 Å². The first-order chi connectivity index (χ1) is 9.15. The van der Waals surface area contributed by atoms with E-state index >= 15 is 0 Å². The van der Waals surface area contributed by atoms with Gasteiger partial charge in [0.05, 0.1) is 14.2 Å². The van der Waals surface area contributed by atoms with Crippen molar-refractivity contribution in [1.29, 1.82) is 0 Å². The van der Waals surface area contributed by atoms with Crippen LogP contribution in [0.1, 0.15) is 0 Å². The van der Waals surface area contributed by atoms with E-state index in [1.165, 1.54) is 14.2 Å². The third-order valence-electron chi connectivity index (χ3n) is 2.17. The van der Waals surface area contributed by atoms with Crippen LogP contribution in [0.5, 0.6) is 23.1 Å². The summed E-state index contributed by atoms with van der Waals surface area (Å²) in [5.74, 6) is 1.27. The molecule has 0 unspecified atom stereocenters. The van der Waals surface area contributed by atoms with E-state index in [1.54, 1.807) is 18.2 Å². The minimum Gasteiger partial charge on any atom is -0.493 e. The fraction of sp³-hybridized carbons (Fsp3) is 0.182. The highest BCUT2D eigenvalue weighted by Gasteiger charge is 2.16. The number of aromatic nitrogens is 3. The second-order valence-electron chi connectivity index (χ2n) is 3.27. The minimum absolute atomic E-state index is 0.0163. The lowest BCUT2D eigenvalue weighted by molar-refractivity contribution is 0.341. The monoisotopic (exact) mass is 301 g/mol. The fourth-order valence-electron chi connectivity index (χ4n) is 1.36. The molecule has 0 aliphatic heterocycles. The Kier molecular flexibility index (Phi) is 4.24. The molecule has 0 atom stereocenters. The van der Waals surface area contributed by atoms with Crippen LogP contribution in [0.25, 0.3) is 0 Å². The van der Waals surface area contributed by atoms with Crippen LogP contribution in [-0.4, -0.2) is 29.4 Å². The van der Waals surface area contributed by atoms with E-state index < -0.39 is 0 Å². The topological polar surface area (TPSA) is 66.4 Å². The predicted molar refractivity (Wildman–Crippen MR) is 69.5 cm³/mol. The van der Waals surface area contributed by atoms with Gasteiger partial charge in [-0.25, -0.2) is 0 Å². The second kappa shape index (κ2) is 5.90. The number of hydrogen-bond acceptors (Lipinski definition) is 6. The first-order valence-corrected chi connectivity index (χ1v) is 5.86. The molecule has 0 spiro atoms. The quantitative estimate of drug-likeness (QED) is 0.865. The molecular weight excluding hydrogens is 293 g/mol. The summed E-state index contributed by atoms with van der Waals surface area (Å²) in [5.41, 5.74) is 0. The molecule has 0 amide bonds. The van der Waals surface area contributed by atoms with Gasteiger partial charge in [-0.1, -0.05) is 17.7 Å². The van der Waals surface area contributed by atoms with Gasteiger partial charge in [-0.2, -0.15) is 4.98 Å². The normalized spacial score (nSPS) is 10.1. The second-order valence-corrected chi connectivity index (χ2v) is 3.97. The lowest BCUT2D eigenvalue weighted by atomic mass is 10.3. The average Bonchev–Trinajstić information content (AvgIpc) is 2.43. The summed E-state index contributed by atoms with van der Waals surface area (Å²) in [6, 6.07) is 5.18. The highest BCUT2D eigenvalue weighted by molar-refractivity contribution is 6.31. The van der Waals surface area contributed by atoms with E-state index in [0.29, 0.717) is 17.2 Å². The summed E-state index contributed by atoms with van der Waals surface area (Å²) in [5, 5.41) is 7.00. The molecule has 2 aromatic rings. The largest absolute Gasteiger partial charge is 0.493 e. The molecule has 0 bridgehead atoms. The van der Waals surface area contributed by atoms with Crippen molar-refractivity contribution in [2.75, 3.05) is 14.2 Å². The zero-order valence-corrected chi connectivity index (χ0v) is 11.6. The summed E-state index contributed by atoms with van der Waals surface area (Å²) in [6.07, 6.45) is 0. The lowest BCUT2D eigenvalue weighted by Gasteiger charge is -2.13. The number of halogens is 2. The Labute approximate surface area is 119 Å². The lowest BCUT2D eigenvalue weighted by Crippen LogP contribution is -1.98. The molecular formula is C11H9Cl2N3O3. The summed E-state index contributed by atoms with van der Waals surface area (Å²) in [6.45, 7) is 0. The zero-order valence-electron chi connectivity index (χ0n) is 10.1. The summed E-state index contributed by atoms with van der Waals surface area (Å²) in [7, 11) is 3.02. The molecule has 0 saturated heterocycles. The molecule has 2 rings (SSSR count). The molecule has 0 saturated carbocycles. The molecule has 0 fully saturated rings. The first-order valence-electron chi connectivity index (χ1n) is 5.10. The molecule has 0 N–H and O–H groups in total. The van der Waals surface area contributed by atoms with E-state index in [1.807, 2.05) is 0 Å². The molecule has 6 nitrogen and oxygen atoms in total. The highest BCUT2D eigenvalue weighted by atomic mass is 35.5. The van der Waals surface area contributed by atoms with Gasteiger partial charge in [0.2, 0.25) is 16.2 Å². The first kappa shape index (κ1) is 13.6. The van der Waals surface area contributed by atoms with E-state index in [0.717, 1.165) is 0 Å². The van der Waals surface area contributed by atoms with Gasteiger partial charge < -0.3 is 14.2 Å². The Morgan fingerprint density at radius 3 is 2.21 bits per heavy atom. The SMILES string of the molecule is COc1cccc(OC)c1Oc1nc(Cl)nnc1Cl. The maximum Gasteiger partial charge on any atom is 0.262 e. The van der Waals surface area contributed by atoms with Crippen LogP contribution in [0, 0.1) is 0 Å². The number of rotatable bonds is 4. The number of nitrogens with zero attached hydrogens (tertiary/aromatic N) is 3. The molecule has 8 heteroatoms. The minimum atomic E-state index is -0.0757. The molecule has 100 valence electrons.